The third-order valence-corrected chi connectivity index (χ3v) is 5.42. The van der Waals surface area contributed by atoms with Gasteiger partial charge in [0, 0.05) is 17.4 Å². The molecule has 3 heterocycles. The monoisotopic (exact) mass is 417 g/mol. The van der Waals surface area contributed by atoms with Crippen LogP contribution in [0.3, 0.4) is 0 Å². The van der Waals surface area contributed by atoms with E-state index in [1.54, 1.807) is 6.20 Å². The summed E-state index contributed by atoms with van der Waals surface area (Å²) >= 11 is 0. The molecule has 0 fully saturated rings. The van der Waals surface area contributed by atoms with Crippen LogP contribution in [-0.2, 0) is 4.74 Å². The van der Waals surface area contributed by atoms with Gasteiger partial charge in [0.2, 0.25) is 5.90 Å². The van der Waals surface area contributed by atoms with Gasteiger partial charge in [-0.05, 0) is 60.7 Å². The molecule has 1 aliphatic heterocycles. The normalized spacial score (nSPS) is 13.2. The summed E-state index contributed by atoms with van der Waals surface area (Å²) < 4.78 is 7.98. The predicted molar refractivity (Wildman–Crippen MR) is 126 cm³/mol. The molecular weight excluding hydrogens is 398 g/mol. The summed E-state index contributed by atoms with van der Waals surface area (Å²) in [6.07, 6.45) is 1.79. The lowest BCUT2D eigenvalue weighted by Gasteiger charge is -2.10. The summed E-state index contributed by atoms with van der Waals surface area (Å²) in [6.45, 7) is 0.400. The third-order valence-electron chi connectivity index (χ3n) is 5.42. The van der Waals surface area contributed by atoms with E-state index in [0.717, 1.165) is 39.5 Å². The number of hydrogen-bond acceptors (Lipinski definition) is 5. The lowest BCUT2D eigenvalue weighted by molar-refractivity contribution is 0.338. The molecule has 0 aliphatic carbocycles. The number of aromatic nitrogens is 3. The molecule has 6 heteroatoms. The van der Waals surface area contributed by atoms with Gasteiger partial charge in [-0.25, -0.2) is 9.99 Å². The number of hydrogen-bond donors (Lipinski definition) is 0. The molecule has 154 valence electrons. The average molecular weight is 417 g/mol. The number of ether oxygens (including phenoxy) is 1. The number of para-hydroxylation sites is 3. The first-order chi connectivity index (χ1) is 15.9. The van der Waals surface area contributed by atoms with Gasteiger partial charge in [-0.15, -0.1) is 5.10 Å². The van der Waals surface area contributed by atoms with E-state index in [4.69, 9.17) is 9.72 Å². The Kier molecular flexibility index (Phi) is 4.39. The van der Waals surface area contributed by atoms with Crippen LogP contribution in [0.4, 0.5) is 5.69 Å². The van der Waals surface area contributed by atoms with Gasteiger partial charge >= 0.3 is 0 Å². The maximum Gasteiger partial charge on any atom is 0.240 e. The third kappa shape index (κ3) is 3.18. The van der Waals surface area contributed by atoms with E-state index >= 15 is 0 Å². The van der Waals surface area contributed by atoms with Crippen molar-refractivity contribution in [2.45, 2.75) is 0 Å². The maximum absolute atomic E-state index is 5.85. The molecule has 6 nitrogen and oxygen atoms in total. The quantitative estimate of drug-likeness (QED) is 0.401. The number of pyridine rings is 1. The van der Waals surface area contributed by atoms with Crippen molar-refractivity contribution in [3.05, 3.63) is 109 Å². The van der Waals surface area contributed by atoms with Gasteiger partial charge in [0.05, 0.1) is 16.7 Å². The smallest absolute Gasteiger partial charge is 0.240 e. The number of anilines is 1. The van der Waals surface area contributed by atoms with E-state index < -0.39 is 0 Å². The van der Waals surface area contributed by atoms with Crippen LogP contribution in [0.1, 0.15) is 5.56 Å². The first kappa shape index (κ1) is 18.3. The van der Waals surface area contributed by atoms with Crippen molar-refractivity contribution < 1.29 is 4.74 Å². The number of rotatable bonds is 4. The zero-order valence-electron chi connectivity index (χ0n) is 17.2. The predicted octanol–water partition coefficient (Wildman–Crippen LogP) is 5.24. The fourth-order valence-corrected chi connectivity index (χ4v) is 3.87. The van der Waals surface area contributed by atoms with E-state index in [9.17, 15) is 0 Å². The molecule has 1 aliphatic rings. The van der Waals surface area contributed by atoms with E-state index in [1.165, 1.54) is 0 Å². The fraction of sp³-hybridized carbons (Fsp3) is 0.0385. The van der Waals surface area contributed by atoms with E-state index in [0.29, 0.717) is 12.6 Å². The molecule has 0 atom stereocenters. The van der Waals surface area contributed by atoms with Gasteiger partial charge in [-0.1, -0.05) is 36.4 Å². The first-order valence-electron chi connectivity index (χ1n) is 10.4. The average Bonchev–Trinajstić information content (AvgIpc) is 3.51. The zero-order chi connectivity index (χ0) is 21.3. The van der Waals surface area contributed by atoms with Gasteiger partial charge in [-0.3, -0.25) is 9.55 Å². The molecule has 0 saturated heterocycles. The second-order valence-electron chi connectivity index (χ2n) is 7.44. The molecule has 6 rings (SSSR count). The lowest BCUT2D eigenvalue weighted by Crippen LogP contribution is -2.12. The van der Waals surface area contributed by atoms with Crippen LogP contribution >= 0.6 is 0 Å². The van der Waals surface area contributed by atoms with Crippen molar-refractivity contribution in [1.29, 1.82) is 0 Å². The Hall–Kier alpha value is -4.45. The minimum absolute atomic E-state index is 0.400. The highest BCUT2D eigenvalue weighted by atomic mass is 16.5. The maximum atomic E-state index is 5.85. The molecule has 0 bridgehead atoms. The second-order valence-corrected chi connectivity index (χ2v) is 7.44. The van der Waals surface area contributed by atoms with Crippen LogP contribution in [-0.4, -0.2) is 27.2 Å². The standard InChI is InChI=1S/C26H19N5O/c1-2-8-20(9-3-1)30-18-32-26(29-30)19-13-15-21(16-14-19)31-24-12-5-4-10-22(24)28-25(31)23-11-6-7-17-27-23/h1-17H,18H2. The molecule has 0 spiro atoms. The molecule has 3 aromatic carbocycles. The van der Waals surface area contributed by atoms with Crippen LogP contribution in [0.15, 0.2) is 108 Å². The molecule has 0 radical (unpaired) electrons. The minimum Gasteiger partial charge on any atom is -0.453 e. The van der Waals surface area contributed by atoms with Crippen molar-refractivity contribution in [2.24, 2.45) is 5.10 Å². The Morgan fingerprint density at radius 2 is 1.50 bits per heavy atom. The molecular formula is C26H19N5O. The number of imidazole rings is 1. The van der Waals surface area contributed by atoms with E-state index in [2.05, 4.69) is 32.9 Å². The molecule has 0 amide bonds. The second kappa shape index (κ2) is 7.67. The SMILES string of the molecule is c1ccc(N2COC(c3ccc(-n4c(-c5ccccn5)nc5ccccc54)cc3)=N2)cc1. The van der Waals surface area contributed by atoms with Crippen LogP contribution in [0.2, 0.25) is 0 Å². The molecule has 5 aromatic rings. The van der Waals surface area contributed by atoms with Crippen LogP contribution in [0.5, 0.6) is 0 Å². The Morgan fingerprint density at radius 1 is 0.719 bits per heavy atom. The van der Waals surface area contributed by atoms with Crippen molar-refractivity contribution in [3.8, 4) is 17.2 Å². The number of hydrazone groups is 1. The summed E-state index contributed by atoms with van der Waals surface area (Å²) in [5.74, 6) is 1.42. The minimum atomic E-state index is 0.400. The van der Waals surface area contributed by atoms with E-state index in [1.807, 2.05) is 83.9 Å². The van der Waals surface area contributed by atoms with Crippen LogP contribution < -0.4 is 5.01 Å². The molecule has 0 unspecified atom stereocenters. The Labute approximate surface area is 185 Å². The van der Waals surface area contributed by atoms with Crippen molar-refractivity contribution >= 4 is 22.6 Å². The lowest BCUT2D eigenvalue weighted by atomic mass is 10.2. The Balaban J connectivity index is 1.39. The van der Waals surface area contributed by atoms with Crippen molar-refractivity contribution in [3.63, 3.8) is 0 Å². The highest BCUT2D eigenvalue weighted by Crippen LogP contribution is 2.28. The summed E-state index contributed by atoms with van der Waals surface area (Å²) in [5.41, 5.74) is 5.72. The van der Waals surface area contributed by atoms with Gasteiger partial charge in [0.1, 0.15) is 5.69 Å². The summed E-state index contributed by atoms with van der Waals surface area (Å²) in [7, 11) is 0. The number of nitrogens with zero attached hydrogens (tertiary/aromatic N) is 5. The van der Waals surface area contributed by atoms with Crippen LogP contribution in [0, 0.1) is 0 Å². The highest BCUT2D eigenvalue weighted by Gasteiger charge is 2.19. The summed E-state index contributed by atoms with van der Waals surface area (Å²) in [4.78, 5) is 9.37. The van der Waals surface area contributed by atoms with Gasteiger partial charge < -0.3 is 4.74 Å². The van der Waals surface area contributed by atoms with Crippen molar-refractivity contribution in [1.82, 2.24) is 14.5 Å². The van der Waals surface area contributed by atoms with E-state index in [-0.39, 0.29) is 0 Å². The molecule has 0 saturated carbocycles. The first-order valence-corrected chi connectivity index (χ1v) is 10.4. The van der Waals surface area contributed by atoms with Gasteiger partial charge in [0.25, 0.3) is 0 Å². The zero-order valence-corrected chi connectivity index (χ0v) is 17.2. The number of fused-ring (bicyclic) bond motifs is 1. The molecule has 0 N–H and O–H groups in total. The molecule has 32 heavy (non-hydrogen) atoms. The van der Waals surface area contributed by atoms with Crippen LogP contribution in [0.25, 0.3) is 28.2 Å². The highest BCUT2D eigenvalue weighted by molar-refractivity contribution is 5.96. The number of benzene rings is 3. The topological polar surface area (TPSA) is 55.5 Å². The summed E-state index contributed by atoms with van der Waals surface area (Å²) in [5, 5.41) is 6.49. The van der Waals surface area contributed by atoms with Crippen molar-refractivity contribution in [2.75, 3.05) is 11.7 Å². The van der Waals surface area contributed by atoms with Gasteiger partial charge in [-0.2, -0.15) is 0 Å². The Morgan fingerprint density at radius 3 is 2.31 bits per heavy atom. The van der Waals surface area contributed by atoms with Gasteiger partial charge in [0.15, 0.2) is 12.6 Å². The summed E-state index contributed by atoms with van der Waals surface area (Å²) in [6, 6.07) is 32.2. The largest absolute Gasteiger partial charge is 0.453 e. The molecule has 2 aromatic heterocycles. The Bertz CT molecular complexity index is 1410. The fourth-order valence-electron chi connectivity index (χ4n) is 3.87.